The van der Waals surface area contributed by atoms with Crippen LogP contribution in [-0.4, -0.2) is 52.9 Å². The van der Waals surface area contributed by atoms with Crippen LogP contribution in [-0.2, 0) is 18.9 Å². The molecule has 0 aliphatic carbocycles. The molecular weight excluding hydrogens is 400 g/mol. The van der Waals surface area contributed by atoms with E-state index in [-0.39, 0.29) is 0 Å². The van der Waals surface area contributed by atoms with Gasteiger partial charge in [0, 0.05) is 24.0 Å². The molecule has 2 fully saturated rings. The zero-order valence-corrected chi connectivity index (χ0v) is 22.5. The van der Waals surface area contributed by atoms with Crippen molar-refractivity contribution in [2.45, 2.75) is 106 Å². The van der Waals surface area contributed by atoms with E-state index in [9.17, 15) is 0 Å². The van der Waals surface area contributed by atoms with E-state index in [4.69, 9.17) is 18.9 Å². The maximum absolute atomic E-state index is 5.90. The summed E-state index contributed by atoms with van der Waals surface area (Å²) in [6, 6.07) is 0. The number of hydrogen-bond acceptors (Lipinski definition) is 4. The number of hydrogen-bond donors (Lipinski definition) is 0. The van der Waals surface area contributed by atoms with Crippen molar-refractivity contribution >= 4 is 0 Å². The third-order valence-corrected chi connectivity index (χ3v) is 7.74. The molecule has 0 N–H and O–H groups in total. The molecule has 0 radical (unpaired) electrons. The first-order chi connectivity index (χ1) is 15.5. The molecule has 0 aromatic rings. The van der Waals surface area contributed by atoms with Crippen LogP contribution >= 0.6 is 0 Å². The molecule has 0 saturated carbocycles. The molecule has 0 amide bonds. The van der Waals surface area contributed by atoms with Crippen LogP contribution in [0, 0.1) is 22.7 Å². The average Bonchev–Trinajstić information content (AvgIpc) is 2.76. The second-order valence-electron chi connectivity index (χ2n) is 10.6. The molecule has 4 heteroatoms. The van der Waals surface area contributed by atoms with E-state index in [1.807, 2.05) is 0 Å². The quantitative estimate of drug-likeness (QED) is 0.217. The molecule has 192 valence electrons. The van der Waals surface area contributed by atoms with Gasteiger partial charge in [-0.1, -0.05) is 80.1 Å². The summed E-state index contributed by atoms with van der Waals surface area (Å²) in [7, 11) is 0. The highest BCUT2D eigenvalue weighted by Gasteiger charge is 2.37. The van der Waals surface area contributed by atoms with Crippen molar-refractivity contribution in [2.24, 2.45) is 22.7 Å². The molecule has 2 heterocycles. The van der Waals surface area contributed by atoms with Crippen LogP contribution in [0.4, 0.5) is 0 Å². The van der Waals surface area contributed by atoms with Gasteiger partial charge in [0.25, 0.3) is 0 Å². The predicted octanol–water partition coefficient (Wildman–Crippen LogP) is 7.29. The first-order valence-electron chi connectivity index (χ1n) is 13.8. The van der Waals surface area contributed by atoms with Gasteiger partial charge < -0.3 is 18.9 Å². The molecule has 2 rings (SSSR count). The van der Waals surface area contributed by atoms with E-state index in [1.165, 1.54) is 64.2 Å². The van der Waals surface area contributed by atoms with E-state index in [0.717, 1.165) is 64.7 Å². The molecule has 2 unspecified atom stereocenters. The lowest BCUT2D eigenvalue weighted by Gasteiger charge is -2.40. The third-order valence-electron chi connectivity index (χ3n) is 7.74. The van der Waals surface area contributed by atoms with Crippen molar-refractivity contribution in [2.75, 3.05) is 52.9 Å². The minimum absolute atomic E-state index is 0.350. The van der Waals surface area contributed by atoms with Crippen molar-refractivity contribution in [3.63, 3.8) is 0 Å². The summed E-state index contributed by atoms with van der Waals surface area (Å²) in [4.78, 5) is 0. The fourth-order valence-corrected chi connectivity index (χ4v) is 4.24. The van der Waals surface area contributed by atoms with Gasteiger partial charge in [-0.15, -0.1) is 0 Å². The molecule has 4 nitrogen and oxygen atoms in total. The van der Waals surface area contributed by atoms with Gasteiger partial charge in [0.1, 0.15) is 0 Å². The van der Waals surface area contributed by atoms with Crippen LogP contribution in [0.2, 0.25) is 0 Å². The topological polar surface area (TPSA) is 36.9 Å². The van der Waals surface area contributed by atoms with Gasteiger partial charge in [0.05, 0.1) is 39.6 Å². The van der Waals surface area contributed by atoms with Crippen molar-refractivity contribution < 1.29 is 18.9 Å². The molecule has 0 spiro atoms. The Balaban J connectivity index is 0.000000320. The van der Waals surface area contributed by atoms with Gasteiger partial charge in [-0.2, -0.15) is 0 Å². The average molecular weight is 457 g/mol. The van der Waals surface area contributed by atoms with Gasteiger partial charge in [-0.3, -0.25) is 0 Å². The van der Waals surface area contributed by atoms with Crippen molar-refractivity contribution in [1.82, 2.24) is 0 Å². The molecule has 0 aromatic carbocycles. The van der Waals surface area contributed by atoms with Crippen molar-refractivity contribution in [1.29, 1.82) is 0 Å². The van der Waals surface area contributed by atoms with Crippen LogP contribution in [0.1, 0.15) is 106 Å². The Morgan fingerprint density at radius 3 is 1.22 bits per heavy atom. The standard InChI is InChI=1S/2C14H28O2/c2*1-4-7-8-13(5-2)9-15-10-14(6-3)11-16-12-14/h2*13H,4-12H2,1-3H3. The van der Waals surface area contributed by atoms with Crippen LogP contribution in [0.25, 0.3) is 0 Å². The highest BCUT2D eigenvalue weighted by atomic mass is 16.5. The molecular formula is C28H56O4. The Bertz CT molecular complexity index is 380. The fraction of sp³-hybridized carbons (Fsp3) is 1.00. The van der Waals surface area contributed by atoms with Gasteiger partial charge in [-0.25, -0.2) is 0 Å². The Morgan fingerprint density at radius 1 is 0.625 bits per heavy atom. The fourth-order valence-electron chi connectivity index (χ4n) is 4.24. The Labute approximate surface area is 200 Å². The number of unbranched alkanes of at least 4 members (excludes halogenated alkanes) is 2. The molecule has 0 aromatic heterocycles. The summed E-state index contributed by atoms with van der Waals surface area (Å²) in [5.74, 6) is 1.52. The van der Waals surface area contributed by atoms with E-state index in [2.05, 4.69) is 41.5 Å². The lowest BCUT2D eigenvalue weighted by molar-refractivity contribution is -0.152. The van der Waals surface area contributed by atoms with E-state index < -0.39 is 0 Å². The molecule has 2 aliphatic rings. The Hall–Kier alpha value is -0.160. The SMILES string of the molecule is CCCCC(CC)COCC1(CC)COC1.CCCCC(CC)COCC1(CC)COC1. The summed E-state index contributed by atoms with van der Waals surface area (Å²) in [5.41, 5.74) is 0.700. The second kappa shape index (κ2) is 17.3. The maximum Gasteiger partial charge on any atom is 0.0566 e. The lowest BCUT2D eigenvalue weighted by atomic mass is 9.84. The Kier molecular flexibility index (Phi) is 16.2. The highest BCUT2D eigenvalue weighted by molar-refractivity contribution is 4.84. The van der Waals surface area contributed by atoms with Gasteiger partial charge in [0.15, 0.2) is 0 Å². The van der Waals surface area contributed by atoms with E-state index in [0.29, 0.717) is 10.8 Å². The van der Waals surface area contributed by atoms with Gasteiger partial charge >= 0.3 is 0 Å². The van der Waals surface area contributed by atoms with E-state index in [1.54, 1.807) is 0 Å². The smallest absolute Gasteiger partial charge is 0.0566 e. The third kappa shape index (κ3) is 10.8. The number of ether oxygens (including phenoxy) is 4. The largest absolute Gasteiger partial charge is 0.380 e. The molecule has 0 bridgehead atoms. The zero-order valence-electron chi connectivity index (χ0n) is 22.5. The monoisotopic (exact) mass is 456 g/mol. The summed E-state index contributed by atoms with van der Waals surface area (Å²) in [6.45, 7) is 20.8. The highest BCUT2D eigenvalue weighted by Crippen LogP contribution is 2.32. The van der Waals surface area contributed by atoms with Crippen LogP contribution in [0.15, 0.2) is 0 Å². The molecule has 2 saturated heterocycles. The first kappa shape index (κ1) is 29.9. The zero-order chi connectivity index (χ0) is 23.7. The summed E-state index contributed by atoms with van der Waals surface area (Å²) in [5, 5.41) is 0. The summed E-state index contributed by atoms with van der Waals surface area (Å²) in [6.07, 6.45) is 12.8. The minimum atomic E-state index is 0.350. The molecule has 2 atom stereocenters. The van der Waals surface area contributed by atoms with Crippen LogP contribution in [0.5, 0.6) is 0 Å². The first-order valence-corrected chi connectivity index (χ1v) is 13.8. The summed E-state index contributed by atoms with van der Waals surface area (Å²) >= 11 is 0. The maximum atomic E-state index is 5.90. The van der Waals surface area contributed by atoms with Crippen molar-refractivity contribution in [3.05, 3.63) is 0 Å². The normalized spacial score (nSPS) is 20.4. The van der Waals surface area contributed by atoms with Gasteiger partial charge in [-0.05, 0) is 37.5 Å². The molecule has 32 heavy (non-hydrogen) atoms. The lowest BCUT2D eigenvalue weighted by Crippen LogP contribution is -2.46. The van der Waals surface area contributed by atoms with Crippen LogP contribution < -0.4 is 0 Å². The number of rotatable bonds is 18. The second-order valence-corrected chi connectivity index (χ2v) is 10.6. The summed E-state index contributed by atoms with van der Waals surface area (Å²) < 4.78 is 22.4. The van der Waals surface area contributed by atoms with Crippen LogP contribution in [0.3, 0.4) is 0 Å². The Morgan fingerprint density at radius 2 is 1.00 bits per heavy atom. The van der Waals surface area contributed by atoms with E-state index >= 15 is 0 Å². The van der Waals surface area contributed by atoms with Crippen molar-refractivity contribution in [3.8, 4) is 0 Å². The molecule has 2 aliphatic heterocycles. The minimum Gasteiger partial charge on any atom is -0.380 e. The predicted molar refractivity (Wildman–Crippen MR) is 135 cm³/mol. The van der Waals surface area contributed by atoms with Gasteiger partial charge in [0.2, 0.25) is 0 Å².